The summed E-state index contributed by atoms with van der Waals surface area (Å²) in [4.78, 5) is 4.82. The number of unbranched alkanes of at least 4 members (excludes halogenated alkanes) is 10. The topological polar surface area (TPSA) is 6.48 Å². The predicted molar refractivity (Wildman–Crippen MR) is 324 cm³/mol. The third-order valence-corrected chi connectivity index (χ3v) is 17.2. The van der Waals surface area contributed by atoms with E-state index in [4.69, 9.17) is 0 Å². The van der Waals surface area contributed by atoms with Gasteiger partial charge in [-0.25, -0.2) is 0 Å². The molecule has 0 bridgehead atoms. The highest BCUT2D eigenvalue weighted by molar-refractivity contribution is 5.86. The first kappa shape index (κ1) is 51.8. The van der Waals surface area contributed by atoms with Crippen LogP contribution in [0.15, 0.2) is 176 Å². The summed E-state index contributed by atoms with van der Waals surface area (Å²) in [6.07, 6.45) is 21.9. The molecule has 0 spiro atoms. The molecule has 2 aliphatic rings. The lowest BCUT2D eigenvalue weighted by Gasteiger charge is -2.33. The third-order valence-electron chi connectivity index (χ3n) is 17.2. The van der Waals surface area contributed by atoms with Gasteiger partial charge in [-0.1, -0.05) is 213 Å². The Kier molecular flexibility index (Phi) is 16.5. The molecule has 2 heteroatoms. The van der Waals surface area contributed by atoms with Crippen LogP contribution in [-0.2, 0) is 18.3 Å². The molecule has 0 saturated heterocycles. The van der Waals surface area contributed by atoms with Crippen LogP contribution in [0.1, 0.15) is 169 Å². The first-order valence-corrected chi connectivity index (χ1v) is 29.2. The SMILES string of the molecule is CCCCCCCCC1(CCCCCCCC)c2cc(C)ccc2-c2ccc(-c3ccc(N(c4ccc(-c5ccc(N(c6ccc(C)cc6)c6ccc7c(c6)CC7)cc5)cc4)c4ccc(C(C)CC)cc4)cc3)cc21. The zero-order valence-electron chi connectivity index (χ0n) is 46.2. The molecule has 0 amide bonds. The second-order valence-corrected chi connectivity index (χ2v) is 22.4. The van der Waals surface area contributed by atoms with E-state index < -0.39 is 0 Å². The molecule has 1 unspecified atom stereocenters. The Balaban J connectivity index is 0.949. The van der Waals surface area contributed by atoms with Crippen molar-refractivity contribution in [2.24, 2.45) is 0 Å². The lowest BCUT2D eigenvalue weighted by Crippen LogP contribution is -2.25. The summed E-state index contributed by atoms with van der Waals surface area (Å²) in [5, 5.41) is 0. The van der Waals surface area contributed by atoms with Gasteiger partial charge in [-0.05, 0) is 192 Å². The largest absolute Gasteiger partial charge is 0.311 e. The highest BCUT2D eigenvalue weighted by Crippen LogP contribution is 2.55. The summed E-state index contributed by atoms with van der Waals surface area (Å²) < 4.78 is 0. The molecule has 0 aromatic heterocycles. The molecule has 8 aromatic carbocycles. The van der Waals surface area contributed by atoms with Crippen molar-refractivity contribution in [2.75, 3.05) is 9.80 Å². The van der Waals surface area contributed by atoms with Crippen molar-refractivity contribution in [3.8, 4) is 33.4 Å². The molecule has 0 heterocycles. The van der Waals surface area contributed by atoms with Crippen LogP contribution in [0.2, 0.25) is 0 Å². The molecule has 0 saturated carbocycles. The van der Waals surface area contributed by atoms with E-state index >= 15 is 0 Å². The minimum Gasteiger partial charge on any atom is -0.311 e. The van der Waals surface area contributed by atoms with E-state index in [2.05, 4.69) is 227 Å². The molecule has 0 radical (unpaired) electrons. The standard InChI is InChI=1S/C73H82N2/c1-7-10-12-14-16-18-48-73(49-19-17-15-13-11-8-2)71-50-54(5)22-46-69(71)70-47-34-62(52-72(70)73)60-31-43-66(44-32-60)74(64-37-25-56(26-38-64)55(6)9-3)65-39-27-57(28-40-65)58-29-41-67(42-30-58)75(63-35-20-53(4)21-36-63)68-45-33-59-23-24-61(59)51-68/h20-22,25-47,50-52,55H,7-19,23-24,48-49H2,1-6H3. The van der Waals surface area contributed by atoms with Gasteiger partial charge in [-0.3, -0.25) is 0 Å². The highest BCUT2D eigenvalue weighted by atomic mass is 15.1. The molecule has 2 nitrogen and oxygen atoms in total. The molecular weight excluding hydrogens is 905 g/mol. The van der Waals surface area contributed by atoms with E-state index in [1.165, 1.54) is 175 Å². The Morgan fingerprint density at radius 2 is 0.773 bits per heavy atom. The maximum absolute atomic E-state index is 2.61. The number of hydrogen-bond acceptors (Lipinski definition) is 2. The summed E-state index contributed by atoms with van der Waals surface area (Å²) in [6, 6.07) is 67.7. The Labute approximate surface area is 451 Å². The summed E-state index contributed by atoms with van der Waals surface area (Å²) in [5.74, 6) is 0.518. The van der Waals surface area contributed by atoms with Crippen molar-refractivity contribution in [2.45, 2.75) is 162 Å². The van der Waals surface area contributed by atoms with E-state index in [0.29, 0.717) is 5.92 Å². The average molecular weight is 987 g/mol. The van der Waals surface area contributed by atoms with E-state index in [1.807, 2.05) is 0 Å². The molecular formula is C73H82N2. The number of hydrogen-bond donors (Lipinski definition) is 0. The van der Waals surface area contributed by atoms with Crippen LogP contribution in [0.25, 0.3) is 33.4 Å². The van der Waals surface area contributed by atoms with Crippen molar-refractivity contribution in [1.82, 2.24) is 0 Å². The third kappa shape index (κ3) is 11.3. The summed E-state index contributed by atoms with van der Waals surface area (Å²) >= 11 is 0. The Morgan fingerprint density at radius 3 is 1.27 bits per heavy atom. The molecule has 1 atom stereocenters. The Hall–Kier alpha value is -6.64. The van der Waals surface area contributed by atoms with Gasteiger partial charge in [0.25, 0.3) is 0 Å². The second kappa shape index (κ2) is 23.9. The van der Waals surface area contributed by atoms with Crippen LogP contribution in [0.4, 0.5) is 34.1 Å². The summed E-state index contributed by atoms with van der Waals surface area (Å²) in [6.45, 7) is 13.7. The van der Waals surface area contributed by atoms with Crippen LogP contribution in [0.5, 0.6) is 0 Å². The molecule has 384 valence electrons. The van der Waals surface area contributed by atoms with Crippen LogP contribution in [0, 0.1) is 13.8 Å². The molecule has 75 heavy (non-hydrogen) atoms. The van der Waals surface area contributed by atoms with Gasteiger partial charge in [0.1, 0.15) is 0 Å². The van der Waals surface area contributed by atoms with Gasteiger partial charge in [-0.15, -0.1) is 0 Å². The zero-order chi connectivity index (χ0) is 51.7. The normalized spacial score (nSPS) is 13.4. The molecule has 2 aliphatic carbocycles. The first-order valence-electron chi connectivity index (χ1n) is 29.2. The number of aryl methyl sites for hydroxylation is 4. The van der Waals surface area contributed by atoms with Crippen molar-refractivity contribution in [3.05, 3.63) is 215 Å². The van der Waals surface area contributed by atoms with Crippen molar-refractivity contribution in [3.63, 3.8) is 0 Å². The van der Waals surface area contributed by atoms with Gasteiger partial charge in [-0.2, -0.15) is 0 Å². The number of nitrogens with zero attached hydrogens (tertiary/aromatic N) is 2. The smallest absolute Gasteiger partial charge is 0.0464 e. The summed E-state index contributed by atoms with van der Waals surface area (Å²) in [7, 11) is 0. The monoisotopic (exact) mass is 987 g/mol. The van der Waals surface area contributed by atoms with Crippen LogP contribution >= 0.6 is 0 Å². The predicted octanol–water partition coefficient (Wildman–Crippen LogP) is 22.0. The highest BCUT2D eigenvalue weighted by Gasteiger charge is 2.42. The quantitative estimate of drug-likeness (QED) is 0.0557. The van der Waals surface area contributed by atoms with E-state index in [0.717, 1.165) is 29.9 Å². The van der Waals surface area contributed by atoms with Crippen LogP contribution in [-0.4, -0.2) is 0 Å². The minimum atomic E-state index is 0.0545. The lowest BCUT2D eigenvalue weighted by atomic mass is 9.70. The zero-order valence-corrected chi connectivity index (χ0v) is 46.2. The maximum Gasteiger partial charge on any atom is 0.0464 e. The van der Waals surface area contributed by atoms with Crippen LogP contribution in [0.3, 0.4) is 0 Å². The van der Waals surface area contributed by atoms with Crippen molar-refractivity contribution in [1.29, 1.82) is 0 Å². The minimum absolute atomic E-state index is 0.0545. The maximum atomic E-state index is 2.61. The lowest BCUT2D eigenvalue weighted by molar-refractivity contribution is 0.398. The van der Waals surface area contributed by atoms with E-state index in [9.17, 15) is 0 Å². The van der Waals surface area contributed by atoms with Crippen LogP contribution < -0.4 is 9.80 Å². The van der Waals surface area contributed by atoms with Crippen molar-refractivity contribution < 1.29 is 0 Å². The Bertz CT molecular complexity index is 3110. The van der Waals surface area contributed by atoms with Gasteiger partial charge in [0.2, 0.25) is 0 Å². The fourth-order valence-corrected chi connectivity index (χ4v) is 12.4. The van der Waals surface area contributed by atoms with Gasteiger partial charge in [0, 0.05) is 39.5 Å². The molecule has 0 aliphatic heterocycles. The fraction of sp³-hybridized carbons (Fsp3) is 0.342. The van der Waals surface area contributed by atoms with E-state index in [-0.39, 0.29) is 5.41 Å². The molecule has 10 rings (SSSR count). The molecule has 0 N–H and O–H groups in total. The first-order chi connectivity index (χ1) is 36.8. The number of fused-ring (bicyclic) bond motifs is 4. The van der Waals surface area contributed by atoms with Gasteiger partial charge < -0.3 is 9.80 Å². The number of benzene rings is 8. The van der Waals surface area contributed by atoms with Crippen molar-refractivity contribution >= 4 is 34.1 Å². The number of anilines is 6. The van der Waals surface area contributed by atoms with Gasteiger partial charge in [0.15, 0.2) is 0 Å². The second-order valence-electron chi connectivity index (χ2n) is 22.4. The summed E-state index contributed by atoms with van der Waals surface area (Å²) in [5.41, 5.74) is 25.1. The average Bonchev–Trinajstić information content (AvgIpc) is 3.72. The van der Waals surface area contributed by atoms with E-state index in [1.54, 1.807) is 11.1 Å². The van der Waals surface area contributed by atoms with Gasteiger partial charge in [0.05, 0.1) is 0 Å². The fourth-order valence-electron chi connectivity index (χ4n) is 12.4. The molecule has 0 fully saturated rings. The molecule has 8 aromatic rings. The van der Waals surface area contributed by atoms with Gasteiger partial charge >= 0.3 is 0 Å². The number of rotatable bonds is 24. The Morgan fingerprint density at radius 1 is 0.373 bits per heavy atom.